The van der Waals surface area contributed by atoms with E-state index in [0.717, 1.165) is 6.42 Å². The summed E-state index contributed by atoms with van der Waals surface area (Å²) < 4.78 is 12.8. The molecule has 0 bridgehead atoms. The molecule has 0 aliphatic heterocycles. The third-order valence-electron chi connectivity index (χ3n) is 2.83. The number of amides is 1. The lowest BCUT2D eigenvalue weighted by molar-refractivity contribution is -0.119. The SMILES string of the molecule is CCCC(O)(CCC(N)=O)c1ccc(F)cc1. The Morgan fingerprint density at radius 2 is 1.94 bits per heavy atom. The molecule has 3 nitrogen and oxygen atoms in total. The van der Waals surface area contributed by atoms with E-state index in [2.05, 4.69) is 0 Å². The third-order valence-corrected chi connectivity index (χ3v) is 2.83. The summed E-state index contributed by atoms with van der Waals surface area (Å²) in [6.07, 6.45) is 1.67. The molecule has 1 amide bonds. The number of nitrogens with two attached hydrogens (primary N) is 1. The predicted octanol–water partition coefficient (Wildman–Crippen LogP) is 2.08. The summed E-state index contributed by atoms with van der Waals surface area (Å²) in [5.74, 6) is -0.788. The van der Waals surface area contributed by atoms with Gasteiger partial charge >= 0.3 is 0 Å². The van der Waals surface area contributed by atoms with Gasteiger partial charge in [0.15, 0.2) is 0 Å². The minimum atomic E-state index is -1.10. The molecule has 3 N–H and O–H groups in total. The molecule has 1 rings (SSSR count). The van der Waals surface area contributed by atoms with Crippen LogP contribution < -0.4 is 5.73 Å². The first kappa shape index (κ1) is 13.6. The molecular formula is C13H18FNO2. The van der Waals surface area contributed by atoms with E-state index in [-0.39, 0.29) is 18.7 Å². The van der Waals surface area contributed by atoms with Crippen molar-refractivity contribution in [2.24, 2.45) is 5.73 Å². The molecule has 4 heteroatoms. The normalized spacial score (nSPS) is 14.3. The Bertz CT molecular complexity index is 378. The average Bonchev–Trinajstić information content (AvgIpc) is 2.28. The molecule has 0 saturated carbocycles. The second kappa shape index (κ2) is 5.77. The van der Waals surface area contributed by atoms with Crippen LogP contribution >= 0.6 is 0 Å². The maximum atomic E-state index is 12.8. The minimum absolute atomic E-state index is 0.119. The van der Waals surface area contributed by atoms with Gasteiger partial charge in [-0.1, -0.05) is 25.5 Å². The van der Waals surface area contributed by atoms with Crippen LogP contribution in [0.4, 0.5) is 4.39 Å². The highest BCUT2D eigenvalue weighted by Crippen LogP contribution is 2.31. The molecule has 1 aromatic carbocycles. The van der Waals surface area contributed by atoms with Gasteiger partial charge in [0.1, 0.15) is 5.82 Å². The highest BCUT2D eigenvalue weighted by Gasteiger charge is 2.28. The fraction of sp³-hybridized carbons (Fsp3) is 0.462. The molecule has 94 valence electrons. The lowest BCUT2D eigenvalue weighted by Gasteiger charge is -2.28. The molecule has 0 spiro atoms. The molecule has 0 fully saturated rings. The van der Waals surface area contributed by atoms with Crippen molar-refractivity contribution in [3.05, 3.63) is 35.6 Å². The van der Waals surface area contributed by atoms with Gasteiger partial charge in [0.25, 0.3) is 0 Å². The van der Waals surface area contributed by atoms with Crippen molar-refractivity contribution in [2.45, 2.75) is 38.2 Å². The standard InChI is InChI=1S/C13H18FNO2/c1-2-8-13(17,9-7-12(15)16)10-3-5-11(14)6-4-10/h3-6,17H,2,7-9H2,1H3,(H2,15,16). The van der Waals surface area contributed by atoms with Crippen LogP contribution in [0.3, 0.4) is 0 Å². The van der Waals surface area contributed by atoms with Crippen molar-refractivity contribution < 1.29 is 14.3 Å². The Kier molecular flexibility index (Phi) is 4.63. The third kappa shape index (κ3) is 3.82. The molecule has 0 aliphatic rings. The maximum absolute atomic E-state index is 12.8. The zero-order chi connectivity index (χ0) is 12.9. The van der Waals surface area contributed by atoms with Crippen LogP contribution in [0.1, 0.15) is 38.2 Å². The van der Waals surface area contributed by atoms with Gasteiger partial charge in [0.2, 0.25) is 5.91 Å². The van der Waals surface area contributed by atoms with Crippen LogP contribution in [0.5, 0.6) is 0 Å². The first-order chi connectivity index (χ1) is 7.98. The van der Waals surface area contributed by atoms with Crippen molar-refractivity contribution >= 4 is 5.91 Å². The van der Waals surface area contributed by atoms with E-state index >= 15 is 0 Å². The number of aliphatic hydroxyl groups is 1. The monoisotopic (exact) mass is 239 g/mol. The quantitative estimate of drug-likeness (QED) is 0.798. The molecule has 0 heterocycles. The number of hydrogen-bond acceptors (Lipinski definition) is 2. The van der Waals surface area contributed by atoms with Crippen molar-refractivity contribution in [1.82, 2.24) is 0 Å². The van der Waals surface area contributed by atoms with E-state index in [1.807, 2.05) is 6.92 Å². The first-order valence-electron chi connectivity index (χ1n) is 5.74. The van der Waals surface area contributed by atoms with Crippen molar-refractivity contribution in [3.63, 3.8) is 0 Å². The summed E-state index contributed by atoms with van der Waals surface area (Å²) in [6.45, 7) is 1.94. The fourth-order valence-corrected chi connectivity index (χ4v) is 1.92. The summed E-state index contributed by atoms with van der Waals surface area (Å²) in [5, 5.41) is 10.5. The van der Waals surface area contributed by atoms with E-state index in [9.17, 15) is 14.3 Å². The summed E-state index contributed by atoms with van der Waals surface area (Å²) in [5.41, 5.74) is 4.62. The molecule has 0 saturated heterocycles. The van der Waals surface area contributed by atoms with Crippen molar-refractivity contribution in [3.8, 4) is 0 Å². The number of halogens is 1. The van der Waals surface area contributed by atoms with Crippen molar-refractivity contribution in [1.29, 1.82) is 0 Å². The van der Waals surface area contributed by atoms with E-state index in [0.29, 0.717) is 12.0 Å². The van der Waals surface area contributed by atoms with Gasteiger partial charge in [-0.25, -0.2) is 4.39 Å². The largest absolute Gasteiger partial charge is 0.385 e. The zero-order valence-electron chi connectivity index (χ0n) is 9.95. The van der Waals surface area contributed by atoms with Gasteiger partial charge in [-0.05, 0) is 30.5 Å². The van der Waals surface area contributed by atoms with Gasteiger partial charge in [0.05, 0.1) is 5.60 Å². The predicted molar refractivity (Wildman–Crippen MR) is 63.6 cm³/mol. The van der Waals surface area contributed by atoms with Crippen LogP contribution in [-0.2, 0) is 10.4 Å². The summed E-state index contributed by atoms with van der Waals surface area (Å²) in [7, 11) is 0. The van der Waals surface area contributed by atoms with Crippen LogP contribution in [-0.4, -0.2) is 11.0 Å². The van der Waals surface area contributed by atoms with Crippen molar-refractivity contribution in [2.75, 3.05) is 0 Å². The van der Waals surface area contributed by atoms with Crippen LogP contribution in [0.15, 0.2) is 24.3 Å². The number of rotatable bonds is 6. The van der Waals surface area contributed by atoms with Crippen LogP contribution in [0.2, 0.25) is 0 Å². The maximum Gasteiger partial charge on any atom is 0.217 e. The van der Waals surface area contributed by atoms with Gasteiger partial charge in [0, 0.05) is 6.42 Å². The lowest BCUT2D eigenvalue weighted by atomic mass is 9.85. The van der Waals surface area contributed by atoms with Gasteiger partial charge < -0.3 is 10.8 Å². The second-order valence-corrected chi connectivity index (χ2v) is 4.25. The highest BCUT2D eigenvalue weighted by atomic mass is 19.1. The van der Waals surface area contributed by atoms with Gasteiger partial charge in [-0.15, -0.1) is 0 Å². The second-order valence-electron chi connectivity index (χ2n) is 4.25. The molecule has 17 heavy (non-hydrogen) atoms. The topological polar surface area (TPSA) is 63.3 Å². The molecule has 0 radical (unpaired) electrons. The van der Waals surface area contributed by atoms with Crippen LogP contribution in [0.25, 0.3) is 0 Å². The fourth-order valence-electron chi connectivity index (χ4n) is 1.92. The smallest absolute Gasteiger partial charge is 0.217 e. The Hall–Kier alpha value is -1.42. The molecular weight excluding hydrogens is 221 g/mol. The van der Waals surface area contributed by atoms with Gasteiger partial charge in [-0.2, -0.15) is 0 Å². The van der Waals surface area contributed by atoms with Crippen LogP contribution in [0, 0.1) is 5.82 Å². The number of benzene rings is 1. The number of hydrogen-bond donors (Lipinski definition) is 2. The average molecular weight is 239 g/mol. The van der Waals surface area contributed by atoms with E-state index in [1.165, 1.54) is 12.1 Å². The Morgan fingerprint density at radius 3 is 2.41 bits per heavy atom. The molecule has 1 aromatic rings. The minimum Gasteiger partial charge on any atom is -0.385 e. The summed E-state index contributed by atoms with van der Waals surface area (Å²) >= 11 is 0. The number of carbonyl (C=O) groups is 1. The highest BCUT2D eigenvalue weighted by molar-refractivity contribution is 5.73. The number of primary amides is 1. The van der Waals surface area contributed by atoms with E-state index in [1.54, 1.807) is 12.1 Å². The first-order valence-corrected chi connectivity index (χ1v) is 5.74. The Labute approximate surface area is 100 Å². The number of carbonyl (C=O) groups excluding carboxylic acids is 1. The molecule has 1 atom stereocenters. The molecule has 0 aromatic heterocycles. The Balaban J connectivity index is 2.89. The van der Waals surface area contributed by atoms with E-state index in [4.69, 9.17) is 5.73 Å². The van der Waals surface area contributed by atoms with E-state index < -0.39 is 11.5 Å². The zero-order valence-corrected chi connectivity index (χ0v) is 9.95. The summed E-state index contributed by atoms with van der Waals surface area (Å²) in [6, 6.07) is 5.71. The Morgan fingerprint density at radius 1 is 1.35 bits per heavy atom. The summed E-state index contributed by atoms with van der Waals surface area (Å²) in [4.78, 5) is 10.8. The lowest BCUT2D eigenvalue weighted by Crippen LogP contribution is -2.28. The van der Waals surface area contributed by atoms with Gasteiger partial charge in [-0.3, -0.25) is 4.79 Å². The molecule has 0 aliphatic carbocycles. The molecule has 1 unspecified atom stereocenters.